The van der Waals surface area contributed by atoms with Gasteiger partial charge in [-0.3, -0.25) is 4.39 Å². The van der Waals surface area contributed by atoms with Crippen LogP contribution in [0.5, 0.6) is 0 Å². The number of carbonyl (C=O) groups is 1. The summed E-state index contributed by atoms with van der Waals surface area (Å²) in [4.78, 5) is 13.9. The molecule has 0 aliphatic carbocycles. The Morgan fingerprint density at radius 3 is 2.81 bits per heavy atom. The Bertz CT molecular complexity index is 465. The summed E-state index contributed by atoms with van der Waals surface area (Å²) in [6.07, 6.45) is 1.11. The first kappa shape index (κ1) is 15.8. The van der Waals surface area contributed by atoms with Crippen molar-refractivity contribution in [3.8, 4) is 0 Å². The highest BCUT2D eigenvalue weighted by Gasteiger charge is 2.42. The maximum atomic E-state index is 12.4. The van der Waals surface area contributed by atoms with Crippen molar-refractivity contribution < 1.29 is 13.9 Å². The molecule has 0 radical (unpaired) electrons. The molecule has 1 aliphatic rings. The zero-order valence-corrected chi connectivity index (χ0v) is 12.8. The van der Waals surface area contributed by atoms with Crippen molar-refractivity contribution in [3.05, 3.63) is 35.9 Å². The lowest BCUT2D eigenvalue weighted by molar-refractivity contribution is 0.0996. The Hall–Kier alpha value is -1.58. The summed E-state index contributed by atoms with van der Waals surface area (Å²) in [6, 6.07) is 9.66. The molecule has 0 aromatic heterocycles. The van der Waals surface area contributed by atoms with Crippen molar-refractivity contribution >= 4 is 6.09 Å². The molecule has 1 aromatic carbocycles. The number of benzene rings is 1. The lowest BCUT2D eigenvalue weighted by atomic mass is 9.77. The van der Waals surface area contributed by atoms with Crippen LogP contribution in [0, 0.1) is 11.3 Å². The van der Waals surface area contributed by atoms with Gasteiger partial charge in [-0.2, -0.15) is 0 Å². The average Bonchev–Trinajstić information content (AvgIpc) is 2.80. The van der Waals surface area contributed by atoms with E-state index in [9.17, 15) is 9.18 Å². The third-order valence-corrected chi connectivity index (χ3v) is 4.58. The van der Waals surface area contributed by atoms with Crippen LogP contribution in [-0.2, 0) is 11.3 Å². The molecule has 1 aromatic rings. The van der Waals surface area contributed by atoms with E-state index in [4.69, 9.17) is 4.74 Å². The summed E-state index contributed by atoms with van der Waals surface area (Å²) < 4.78 is 17.8. The molecule has 0 unspecified atom stereocenters. The number of hydrogen-bond donors (Lipinski definition) is 0. The maximum Gasteiger partial charge on any atom is 0.410 e. The van der Waals surface area contributed by atoms with Crippen LogP contribution in [0.25, 0.3) is 0 Å². The van der Waals surface area contributed by atoms with Crippen LogP contribution in [0.2, 0.25) is 0 Å². The molecule has 3 nitrogen and oxygen atoms in total. The van der Waals surface area contributed by atoms with Crippen molar-refractivity contribution in [3.63, 3.8) is 0 Å². The predicted octanol–water partition coefficient (Wildman–Crippen LogP) is 4.03. The first-order valence-corrected chi connectivity index (χ1v) is 7.57. The van der Waals surface area contributed by atoms with Crippen LogP contribution in [0.4, 0.5) is 9.18 Å². The number of amides is 1. The summed E-state index contributed by atoms with van der Waals surface area (Å²) in [6.45, 7) is 5.62. The van der Waals surface area contributed by atoms with Crippen LogP contribution >= 0.6 is 0 Å². The SMILES string of the molecule is C[C@@H]1CN(C(=O)OCc2ccccc2)C[C@]1(C)CCCF. The summed E-state index contributed by atoms with van der Waals surface area (Å²) in [5.74, 6) is 0.369. The number of likely N-dealkylation sites (tertiary alicyclic amines) is 1. The summed E-state index contributed by atoms with van der Waals surface area (Å²) in [5.41, 5.74) is 0.982. The van der Waals surface area contributed by atoms with Crippen LogP contribution in [-0.4, -0.2) is 30.8 Å². The largest absolute Gasteiger partial charge is 0.445 e. The number of carbonyl (C=O) groups excluding carboxylic acids is 1. The molecule has 2 atom stereocenters. The Balaban J connectivity index is 1.86. The fraction of sp³-hybridized carbons (Fsp3) is 0.588. The number of ether oxygens (including phenoxy) is 1. The van der Waals surface area contributed by atoms with E-state index in [0.717, 1.165) is 12.0 Å². The van der Waals surface area contributed by atoms with Crippen molar-refractivity contribution in [2.24, 2.45) is 11.3 Å². The molecule has 1 aliphatic heterocycles. The molecule has 1 heterocycles. The smallest absolute Gasteiger partial charge is 0.410 e. The molecule has 0 N–H and O–H groups in total. The quantitative estimate of drug-likeness (QED) is 0.820. The molecule has 0 saturated carbocycles. The molecule has 1 amide bonds. The van der Waals surface area contributed by atoms with Gasteiger partial charge in [-0.1, -0.05) is 44.2 Å². The number of alkyl halides is 1. The highest BCUT2D eigenvalue weighted by Crippen LogP contribution is 2.39. The lowest BCUT2D eigenvalue weighted by Crippen LogP contribution is -2.31. The van der Waals surface area contributed by atoms with Gasteiger partial charge in [0.15, 0.2) is 0 Å². The summed E-state index contributed by atoms with van der Waals surface area (Å²) in [7, 11) is 0. The van der Waals surface area contributed by atoms with E-state index in [2.05, 4.69) is 13.8 Å². The zero-order valence-electron chi connectivity index (χ0n) is 12.8. The molecular formula is C17H24FNO2. The lowest BCUT2D eigenvalue weighted by Gasteiger charge is -2.27. The van der Waals surface area contributed by atoms with E-state index in [-0.39, 0.29) is 18.2 Å². The summed E-state index contributed by atoms with van der Waals surface area (Å²) >= 11 is 0. The first-order valence-electron chi connectivity index (χ1n) is 7.57. The molecular weight excluding hydrogens is 269 g/mol. The van der Waals surface area contributed by atoms with Crippen molar-refractivity contribution in [1.29, 1.82) is 0 Å². The molecule has 21 heavy (non-hydrogen) atoms. The van der Waals surface area contributed by atoms with Crippen LogP contribution in [0.3, 0.4) is 0 Å². The molecule has 0 spiro atoms. The van der Waals surface area contributed by atoms with E-state index in [0.29, 0.717) is 32.0 Å². The Morgan fingerprint density at radius 2 is 2.14 bits per heavy atom. The first-order chi connectivity index (χ1) is 10.0. The van der Waals surface area contributed by atoms with Crippen LogP contribution in [0.1, 0.15) is 32.3 Å². The topological polar surface area (TPSA) is 29.5 Å². The Morgan fingerprint density at radius 1 is 1.43 bits per heavy atom. The van der Waals surface area contributed by atoms with E-state index in [1.807, 2.05) is 30.3 Å². The van der Waals surface area contributed by atoms with Crippen molar-refractivity contribution in [2.45, 2.75) is 33.3 Å². The van der Waals surface area contributed by atoms with E-state index < -0.39 is 0 Å². The van der Waals surface area contributed by atoms with Crippen LogP contribution < -0.4 is 0 Å². The summed E-state index contributed by atoms with van der Waals surface area (Å²) in [5, 5.41) is 0. The van der Waals surface area contributed by atoms with Gasteiger partial charge in [0.1, 0.15) is 6.61 Å². The normalized spacial score (nSPS) is 25.1. The third kappa shape index (κ3) is 3.96. The number of hydrogen-bond acceptors (Lipinski definition) is 2. The van der Waals surface area contributed by atoms with Gasteiger partial charge in [0.2, 0.25) is 0 Å². The van der Waals surface area contributed by atoms with Crippen molar-refractivity contribution in [2.75, 3.05) is 19.8 Å². The molecule has 4 heteroatoms. The molecule has 1 saturated heterocycles. The van der Waals surface area contributed by atoms with E-state index in [1.165, 1.54) is 0 Å². The average molecular weight is 293 g/mol. The fourth-order valence-corrected chi connectivity index (χ4v) is 2.95. The van der Waals surface area contributed by atoms with Gasteiger partial charge < -0.3 is 9.64 Å². The minimum atomic E-state index is -0.291. The van der Waals surface area contributed by atoms with Gasteiger partial charge >= 0.3 is 6.09 Å². The van der Waals surface area contributed by atoms with Crippen LogP contribution in [0.15, 0.2) is 30.3 Å². The maximum absolute atomic E-state index is 12.4. The second-order valence-electron chi connectivity index (χ2n) is 6.27. The number of halogens is 1. The monoisotopic (exact) mass is 293 g/mol. The Labute approximate surface area is 126 Å². The molecule has 1 fully saturated rings. The molecule has 0 bridgehead atoms. The fourth-order valence-electron chi connectivity index (χ4n) is 2.95. The second-order valence-corrected chi connectivity index (χ2v) is 6.27. The minimum absolute atomic E-state index is 0.00213. The second kappa shape index (κ2) is 6.92. The Kier molecular flexibility index (Phi) is 5.21. The van der Waals surface area contributed by atoms with Gasteiger partial charge in [0.05, 0.1) is 6.67 Å². The molecule has 2 rings (SSSR count). The van der Waals surface area contributed by atoms with Gasteiger partial charge in [0.25, 0.3) is 0 Å². The molecule has 116 valence electrons. The highest BCUT2D eigenvalue weighted by molar-refractivity contribution is 5.68. The predicted molar refractivity (Wildman–Crippen MR) is 80.7 cm³/mol. The van der Waals surface area contributed by atoms with Gasteiger partial charge in [-0.05, 0) is 29.7 Å². The zero-order chi connectivity index (χ0) is 15.3. The van der Waals surface area contributed by atoms with Gasteiger partial charge in [-0.15, -0.1) is 0 Å². The van der Waals surface area contributed by atoms with Gasteiger partial charge in [0, 0.05) is 13.1 Å². The number of nitrogens with zero attached hydrogens (tertiary/aromatic N) is 1. The van der Waals surface area contributed by atoms with Gasteiger partial charge in [-0.25, -0.2) is 4.79 Å². The van der Waals surface area contributed by atoms with E-state index in [1.54, 1.807) is 4.90 Å². The third-order valence-electron chi connectivity index (χ3n) is 4.58. The highest BCUT2D eigenvalue weighted by atomic mass is 19.1. The van der Waals surface area contributed by atoms with Crippen molar-refractivity contribution in [1.82, 2.24) is 4.90 Å². The standard InChI is InChI=1S/C17H24FNO2/c1-14-11-19(13-17(14,2)9-6-10-18)16(20)21-12-15-7-4-3-5-8-15/h3-5,7-8,14H,6,9-13H2,1-2H3/t14-,17+/m1/s1. The van der Waals surface area contributed by atoms with E-state index >= 15 is 0 Å². The number of rotatable bonds is 5. The minimum Gasteiger partial charge on any atom is -0.445 e.